The molecule has 1 N–H and O–H groups in total. The Bertz CT molecular complexity index is 639. The van der Waals surface area contributed by atoms with Gasteiger partial charge in [-0.1, -0.05) is 12.1 Å². The summed E-state index contributed by atoms with van der Waals surface area (Å²) >= 11 is 0. The molecule has 1 aromatic carbocycles. The molecular weight excluding hydrogens is 407 g/mol. The van der Waals surface area contributed by atoms with E-state index in [2.05, 4.69) is 34.3 Å². The minimum Gasteiger partial charge on any atom is -0.339 e. The summed E-state index contributed by atoms with van der Waals surface area (Å²) < 4.78 is 0. The fourth-order valence-corrected chi connectivity index (χ4v) is 4.19. The van der Waals surface area contributed by atoms with Crippen molar-refractivity contribution in [2.75, 3.05) is 52.9 Å². The average molecular weight is 443 g/mol. The minimum absolute atomic E-state index is 0. The lowest BCUT2D eigenvalue weighted by molar-refractivity contribution is 0.0704. The molecule has 3 fully saturated rings. The van der Waals surface area contributed by atoms with Crippen LogP contribution in [0.1, 0.15) is 41.6 Å². The SMILES string of the molecule is CN1CCN(Cc2cccc(C(=O)N3CCC(NCC4CC4)CC3)c2)CC1.Cl.Cl. The fraction of sp³-hybridized carbons (Fsp3) is 0.682. The summed E-state index contributed by atoms with van der Waals surface area (Å²) in [5, 5.41) is 3.69. The van der Waals surface area contributed by atoms with Gasteiger partial charge in [0, 0.05) is 57.4 Å². The Balaban J connectivity index is 0.00000150. The number of amides is 1. The summed E-state index contributed by atoms with van der Waals surface area (Å²) in [5.74, 6) is 1.13. The molecule has 1 amide bonds. The Kier molecular flexibility index (Phi) is 9.70. The van der Waals surface area contributed by atoms with Crippen LogP contribution in [0.25, 0.3) is 0 Å². The molecule has 2 heterocycles. The summed E-state index contributed by atoms with van der Waals surface area (Å²) in [6, 6.07) is 8.88. The number of likely N-dealkylation sites (tertiary alicyclic amines) is 1. The van der Waals surface area contributed by atoms with Crippen molar-refractivity contribution in [2.24, 2.45) is 5.92 Å². The molecular formula is C22H36Cl2N4O. The topological polar surface area (TPSA) is 38.8 Å². The van der Waals surface area contributed by atoms with E-state index in [0.717, 1.165) is 70.1 Å². The molecule has 0 atom stereocenters. The number of likely N-dealkylation sites (N-methyl/N-ethyl adjacent to an activating group) is 1. The number of hydrogen-bond acceptors (Lipinski definition) is 4. The maximum atomic E-state index is 13.0. The Labute approximate surface area is 188 Å². The molecule has 0 unspecified atom stereocenters. The maximum absolute atomic E-state index is 13.0. The van der Waals surface area contributed by atoms with Crippen LogP contribution in [-0.2, 0) is 6.54 Å². The highest BCUT2D eigenvalue weighted by atomic mass is 35.5. The lowest BCUT2D eigenvalue weighted by Crippen LogP contribution is -2.45. The Hall–Kier alpha value is -0.850. The van der Waals surface area contributed by atoms with Crippen LogP contribution in [0, 0.1) is 5.92 Å². The van der Waals surface area contributed by atoms with Crippen molar-refractivity contribution in [3.05, 3.63) is 35.4 Å². The van der Waals surface area contributed by atoms with E-state index in [-0.39, 0.29) is 30.7 Å². The van der Waals surface area contributed by atoms with Gasteiger partial charge in [0.15, 0.2) is 0 Å². The minimum atomic E-state index is 0. The lowest BCUT2D eigenvalue weighted by Gasteiger charge is -2.33. The molecule has 1 aliphatic carbocycles. The second-order valence-corrected chi connectivity index (χ2v) is 8.70. The van der Waals surface area contributed by atoms with Crippen LogP contribution < -0.4 is 5.32 Å². The van der Waals surface area contributed by atoms with E-state index in [0.29, 0.717) is 6.04 Å². The van der Waals surface area contributed by atoms with Crippen LogP contribution in [0.3, 0.4) is 0 Å². The highest BCUT2D eigenvalue weighted by molar-refractivity contribution is 5.94. The van der Waals surface area contributed by atoms with Gasteiger partial charge in [-0.25, -0.2) is 0 Å². The average Bonchev–Trinajstić information content (AvgIpc) is 3.53. The molecule has 0 radical (unpaired) electrons. The Morgan fingerprint density at radius 3 is 2.34 bits per heavy atom. The van der Waals surface area contributed by atoms with Crippen molar-refractivity contribution in [3.63, 3.8) is 0 Å². The number of carbonyl (C=O) groups is 1. The molecule has 1 aromatic rings. The predicted molar refractivity (Wildman–Crippen MR) is 123 cm³/mol. The zero-order valence-electron chi connectivity index (χ0n) is 17.5. The molecule has 29 heavy (non-hydrogen) atoms. The second-order valence-electron chi connectivity index (χ2n) is 8.70. The third-order valence-electron chi connectivity index (χ3n) is 6.35. The molecule has 5 nitrogen and oxygen atoms in total. The summed E-state index contributed by atoms with van der Waals surface area (Å²) in [6.45, 7) is 8.35. The zero-order valence-corrected chi connectivity index (χ0v) is 19.1. The second kappa shape index (κ2) is 11.5. The highest BCUT2D eigenvalue weighted by Crippen LogP contribution is 2.28. The van der Waals surface area contributed by atoms with Crippen LogP contribution >= 0.6 is 24.8 Å². The molecule has 1 saturated carbocycles. The Morgan fingerprint density at radius 1 is 1.00 bits per heavy atom. The largest absolute Gasteiger partial charge is 0.339 e. The number of carbonyl (C=O) groups excluding carboxylic acids is 1. The van der Waals surface area contributed by atoms with Gasteiger partial charge in [-0.2, -0.15) is 0 Å². The highest BCUT2D eigenvalue weighted by Gasteiger charge is 2.26. The maximum Gasteiger partial charge on any atom is 0.253 e. The predicted octanol–water partition coefficient (Wildman–Crippen LogP) is 2.88. The first kappa shape index (κ1) is 24.4. The first-order valence-corrected chi connectivity index (χ1v) is 10.7. The normalized spacial score (nSPS) is 21.3. The van der Waals surface area contributed by atoms with E-state index in [4.69, 9.17) is 0 Å². The molecule has 0 bridgehead atoms. The summed E-state index contributed by atoms with van der Waals surface area (Å²) in [7, 11) is 2.18. The van der Waals surface area contributed by atoms with E-state index in [1.54, 1.807) is 0 Å². The first-order chi connectivity index (χ1) is 13.2. The van der Waals surface area contributed by atoms with Gasteiger partial charge in [0.1, 0.15) is 0 Å². The van der Waals surface area contributed by atoms with Gasteiger partial charge in [-0.15, -0.1) is 24.8 Å². The first-order valence-electron chi connectivity index (χ1n) is 10.7. The van der Waals surface area contributed by atoms with Gasteiger partial charge in [0.25, 0.3) is 5.91 Å². The molecule has 4 rings (SSSR count). The van der Waals surface area contributed by atoms with Crippen molar-refractivity contribution >= 4 is 30.7 Å². The van der Waals surface area contributed by atoms with Crippen LogP contribution in [-0.4, -0.2) is 79.5 Å². The van der Waals surface area contributed by atoms with Gasteiger partial charge in [0.05, 0.1) is 0 Å². The Morgan fingerprint density at radius 2 is 1.69 bits per heavy atom. The standard InChI is InChI=1S/C22H34N4O.2ClH/c1-24-11-13-25(14-12-24)17-19-3-2-4-20(15-19)22(27)26-9-7-21(8-10-26)23-16-18-5-6-18;;/h2-4,15,18,21,23H,5-14,16-17H2,1H3;2*1H. The van der Waals surface area contributed by atoms with Crippen molar-refractivity contribution in [1.82, 2.24) is 20.0 Å². The number of nitrogens with zero attached hydrogens (tertiary/aromatic N) is 3. The van der Waals surface area contributed by atoms with Crippen molar-refractivity contribution < 1.29 is 4.79 Å². The number of piperidine rings is 1. The summed E-state index contributed by atoms with van der Waals surface area (Å²) in [5.41, 5.74) is 2.11. The third-order valence-corrected chi connectivity index (χ3v) is 6.35. The molecule has 3 aliphatic rings. The lowest BCUT2D eigenvalue weighted by atomic mass is 10.0. The summed E-state index contributed by atoms with van der Waals surface area (Å²) in [4.78, 5) is 19.9. The van der Waals surface area contributed by atoms with Crippen LogP contribution in [0.2, 0.25) is 0 Å². The molecule has 0 aromatic heterocycles. The van der Waals surface area contributed by atoms with Gasteiger partial charge in [0.2, 0.25) is 0 Å². The quantitative estimate of drug-likeness (QED) is 0.734. The van der Waals surface area contributed by atoms with Gasteiger partial charge in [-0.3, -0.25) is 9.69 Å². The molecule has 2 aliphatic heterocycles. The number of benzene rings is 1. The molecule has 7 heteroatoms. The molecule has 164 valence electrons. The number of nitrogens with one attached hydrogen (secondary N) is 1. The van der Waals surface area contributed by atoms with Crippen molar-refractivity contribution in [2.45, 2.75) is 38.3 Å². The smallest absolute Gasteiger partial charge is 0.253 e. The number of halogens is 2. The van der Waals surface area contributed by atoms with Gasteiger partial charge < -0.3 is 15.1 Å². The van der Waals surface area contributed by atoms with Crippen molar-refractivity contribution in [3.8, 4) is 0 Å². The number of piperazine rings is 1. The van der Waals surface area contributed by atoms with E-state index >= 15 is 0 Å². The van der Waals surface area contributed by atoms with Crippen molar-refractivity contribution in [1.29, 1.82) is 0 Å². The summed E-state index contributed by atoms with van der Waals surface area (Å²) in [6.07, 6.45) is 4.96. The van der Waals surface area contributed by atoms with Crippen LogP contribution in [0.4, 0.5) is 0 Å². The number of hydrogen-bond donors (Lipinski definition) is 1. The van der Waals surface area contributed by atoms with E-state index in [9.17, 15) is 4.79 Å². The van der Waals surface area contributed by atoms with Gasteiger partial charge >= 0.3 is 0 Å². The fourth-order valence-electron chi connectivity index (χ4n) is 4.19. The zero-order chi connectivity index (χ0) is 18.6. The van der Waals surface area contributed by atoms with E-state index < -0.39 is 0 Å². The molecule has 2 saturated heterocycles. The van der Waals surface area contributed by atoms with Crippen LogP contribution in [0.5, 0.6) is 0 Å². The molecule has 0 spiro atoms. The van der Waals surface area contributed by atoms with E-state index in [1.165, 1.54) is 24.9 Å². The van der Waals surface area contributed by atoms with Gasteiger partial charge in [-0.05, 0) is 62.9 Å². The van der Waals surface area contributed by atoms with Crippen LogP contribution in [0.15, 0.2) is 24.3 Å². The third kappa shape index (κ3) is 7.11. The monoisotopic (exact) mass is 442 g/mol. The number of rotatable bonds is 6. The van der Waals surface area contributed by atoms with E-state index in [1.807, 2.05) is 17.0 Å².